The summed E-state index contributed by atoms with van der Waals surface area (Å²) in [6.07, 6.45) is 2.93. The van der Waals surface area contributed by atoms with Crippen molar-refractivity contribution in [3.05, 3.63) is 77.1 Å². The number of aromatic nitrogens is 1. The van der Waals surface area contributed by atoms with Crippen LogP contribution in [0.25, 0.3) is 5.69 Å². The van der Waals surface area contributed by atoms with Crippen molar-refractivity contribution < 1.29 is 4.74 Å². The van der Waals surface area contributed by atoms with Gasteiger partial charge in [0, 0.05) is 28.9 Å². The van der Waals surface area contributed by atoms with Crippen LogP contribution in [-0.4, -0.2) is 17.9 Å². The number of rotatable bonds is 5. The molecule has 0 N–H and O–H groups in total. The number of hydrogen-bond acceptors (Lipinski definition) is 2. The monoisotopic (exact) mass is 332 g/mol. The van der Waals surface area contributed by atoms with Gasteiger partial charge in [-0.05, 0) is 50.1 Å². The number of ether oxygens (including phenoxy) is 1. The summed E-state index contributed by atoms with van der Waals surface area (Å²) in [4.78, 5) is 4.64. The molecule has 0 fully saturated rings. The van der Waals surface area contributed by atoms with Crippen molar-refractivity contribution >= 4 is 11.9 Å². The van der Waals surface area contributed by atoms with Crippen LogP contribution in [0.1, 0.15) is 29.4 Å². The van der Waals surface area contributed by atoms with E-state index < -0.39 is 0 Å². The van der Waals surface area contributed by atoms with E-state index in [1.165, 1.54) is 22.6 Å². The van der Waals surface area contributed by atoms with Crippen LogP contribution in [-0.2, 0) is 6.42 Å². The molecule has 0 aliphatic rings. The summed E-state index contributed by atoms with van der Waals surface area (Å²) in [5, 5.41) is 0. The molecule has 1 aromatic heterocycles. The third-order valence-electron chi connectivity index (χ3n) is 4.51. The summed E-state index contributed by atoms with van der Waals surface area (Å²) in [6.45, 7) is 6.47. The summed E-state index contributed by atoms with van der Waals surface area (Å²) in [6, 6.07) is 18.5. The maximum Gasteiger partial charge on any atom is 0.144 e. The molecule has 0 saturated heterocycles. The lowest BCUT2D eigenvalue weighted by Gasteiger charge is -2.13. The molecule has 0 aliphatic carbocycles. The normalized spacial score (nSPS) is 11.2. The molecule has 0 bridgehead atoms. The van der Waals surface area contributed by atoms with Gasteiger partial charge in [0.25, 0.3) is 0 Å². The van der Waals surface area contributed by atoms with Crippen molar-refractivity contribution in [2.24, 2.45) is 4.99 Å². The summed E-state index contributed by atoms with van der Waals surface area (Å²) in [5.74, 6) is 0.781. The van der Waals surface area contributed by atoms with E-state index in [-0.39, 0.29) is 0 Å². The van der Waals surface area contributed by atoms with Crippen molar-refractivity contribution in [2.45, 2.75) is 27.2 Å². The topological polar surface area (TPSA) is 26.5 Å². The summed E-state index contributed by atoms with van der Waals surface area (Å²) >= 11 is 0. The Morgan fingerprint density at radius 3 is 2.52 bits per heavy atom. The first-order valence-electron chi connectivity index (χ1n) is 8.60. The molecule has 1 heterocycles. The van der Waals surface area contributed by atoms with E-state index in [4.69, 9.17) is 4.74 Å². The Kier molecular flexibility index (Phi) is 5.03. The fourth-order valence-corrected chi connectivity index (χ4v) is 3.19. The Morgan fingerprint density at radius 1 is 1.04 bits per heavy atom. The van der Waals surface area contributed by atoms with Crippen LogP contribution in [0.3, 0.4) is 0 Å². The highest BCUT2D eigenvalue weighted by Gasteiger charge is 2.12. The van der Waals surface area contributed by atoms with Crippen LogP contribution < -0.4 is 4.74 Å². The Labute approximate surface area is 149 Å². The number of methoxy groups -OCH3 is 1. The van der Waals surface area contributed by atoms with E-state index in [0.29, 0.717) is 0 Å². The van der Waals surface area contributed by atoms with Gasteiger partial charge in [0.1, 0.15) is 11.4 Å². The fourth-order valence-electron chi connectivity index (χ4n) is 3.19. The highest BCUT2D eigenvalue weighted by molar-refractivity contribution is 5.85. The highest BCUT2D eigenvalue weighted by Crippen LogP contribution is 2.27. The highest BCUT2D eigenvalue weighted by atomic mass is 16.5. The van der Waals surface area contributed by atoms with E-state index in [2.05, 4.69) is 60.7 Å². The maximum absolute atomic E-state index is 5.37. The predicted octanol–water partition coefficient (Wildman–Crippen LogP) is 5.42. The van der Waals surface area contributed by atoms with E-state index >= 15 is 0 Å². The van der Waals surface area contributed by atoms with Gasteiger partial charge >= 0.3 is 0 Å². The molecule has 3 aromatic rings. The van der Waals surface area contributed by atoms with Crippen LogP contribution in [0.15, 0.2) is 59.6 Å². The zero-order valence-corrected chi connectivity index (χ0v) is 15.3. The number of aliphatic imine (C=N–C) groups is 1. The molecule has 0 unspecified atom stereocenters. The van der Waals surface area contributed by atoms with Crippen molar-refractivity contribution in [1.82, 2.24) is 4.57 Å². The first kappa shape index (κ1) is 17.0. The molecular formula is C22H24N2O. The molecule has 0 aliphatic heterocycles. The standard InChI is InChI=1S/C22H24N2O/c1-5-18-10-6-8-12-21(18)24-16(2)14-19(17(24)3)15-23-20-11-7-9-13-22(20)25-4/h6-15H,5H2,1-4H3. The SMILES string of the molecule is CCc1ccccc1-n1c(C)cc(C=Nc2ccccc2OC)c1C. The van der Waals surface area contributed by atoms with Crippen molar-refractivity contribution in [3.8, 4) is 11.4 Å². The van der Waals surface area contributed by atoms with E-state index in [1.54, 1.807) is 7.11 Å². The molecule has 3 rings (SSSR count). The van der Waals surface area contributed by atoms with E-state index in [0.717, 1.165) is 23.4 Å². The van der Waals surface area contributed by atoms with Gasteiger partial charge in [-0.2, -0.15) is 0 Å². The molecule has 0 amide bonds. The van der Waals surface area contributed by atoms with E-state index in [1.807, 2.05) is 30.5 Å². The third kappa shape index (κ3) is 3.36. The quantitative estimate of drug-likeness (QED) is 0.573. The van der Waals surface area contributed by atoms with Crippen molar-refractivity contribution in [1.29, 1.82) is 0 Å². The minimum atomic E-state index is 0.781. The summed E-state index contributed by atoms with van der Waals surface area (Å²) in [5.41, 5.74) is 6.95. The molecule has 25 heavy (non-hydrogen) atoms. The molecule has 0 spiro atoms. The van der Waals surface area contributed by atoms with Gasteiger partial charge in [0.05, 0.1) is 7.11 Å². The maximum atomic E-state index is 5.37. The van der Waals surface area contributed by atoms with E-state index in [9.17, 15) is 0 Å². The number of aryl methyl sites for hydroxylation is 2. The van der Waals surface area contributed by atoms with Crippen molar-refractivity contribution in [2.75, 3.05) is 7.11 Å². The number of para-hydroxylation sites is 3. The van der Waals surface area contributed by atoms with Gasteiger partial charge in [-0.15, -0.1) is 0 Å². The van der Waals surface area contributed by atoms with Crippen LogP contribution in [0.2, 0.25) is 0 Å². The molecule has 3 heteroatoms. The molecule has 0 saturated carbocycles. The lowest BCUT2D eigenvalue weighted by molar-refractivity contribution is 0.416. The molecule has 128 valence electrons. The first-order valence-corrected chi connectivity index (χ1v) is 8.60. The number of hydrogen-bond donors (Lipinski definition) is 0. The molecule has 0 atom stereocenters. The predicted molar refractivity (Wildman–Crippen MR) is 105 cm³/mol. The van der Waals surface area contributed by atoms with Gasteiger partial charge in [-0.1, -0.05) is 37.3 Å². The Bertz CT molecular complexity index is 906. The number of nitrogens with zero attached hydrogens (tertiary/aromatic N) is 2. The average molecular weight is 332 g/mol. The van der Waals surface area contributed by atoms with Gasteiger partial charge < -0.3 is 9.30 Å². The second-order valence-electron chi connectivity index (χ2n) is 6.07. The van der Waals surface area contributed by atoms with Gasteiger partial charge in [0.15, 0.2) is 0 Å². The lowest BCUT2D eigenvalue weighted by Crippen LogP contribution is -2.03. The van der Waals surface area contributed by atoms with Gasteiger partial charge in [-0.3, -0.25) is 4.99 Å². The first-order chi connectivity index (χ1) is 12.2. The largest absolute Gasteiger partial charge is 0.494 e. The fraction of sp³-hybridized carbons (Fsp3) is 0.227. The molecular weight excluding hydrogens is 308 g/mol. The second-order valence-corrected chi connectivity index (χ2v) is 6.07. The minimum absolute atomic E-state index is 0.781. The van der Waals surface area contributed by atoms with Crippen LogP contribution >= 0.6 is 0 Å². The summed E-state index contributed by atoms with van der Waals surface area (Å²) < 4.78 is 7.68. The van der Waals surface area contributed by atoms with Crippen LogP contribution in [0, 0.1) is 13.8 Å². The lowest BCUT2D eigenvalue weighted by atomic mass is 10.1. The van der Waals surface area contributed by atoms with Crippen molar-refractivity contribution in [3.63, 3.8) is 0 Å². The average Bonchev–Trinajstić information content (AvgIpc) is 2.93. The molecule has 0 radical (unpaired) electrons. The minimum Gasteiger partial charge on any atom is -0.494 e. The zero-order valence-electron chi connectivity index (χ0n) is 15.3. The summed E-state index contributed by atoms with van der Waals surface area (Å²) in [7, 11) is 1.67. The second kappa shape index (κ2) is 7.39. The Hall–Kier alpha value is -2.81. The Morgan fingerprint density at radius 2 is 1.76 bits per heavy atom. The molecule has 2 aromatic carbocycles. The Balaban J connectivity index is 2.02. The van der Waals surface area contributed by atoms with Gasteiger partial charge in [0.2, 0.25) is 0 Å². The van der Waals surface area contributed by atoms with Crippen LogP contribution in [0.5, 0.6) is 5.75 Å². The number of benzene rings is 2. The van der Waals surface area contributed by atoms with Gasteiger partial charge in [-0.25, -0.2) is 0 Å². The van der Waals surface area contributed by atoms with Crippen LogP contribution in [0.4, 0.5) is 5.69 Å². The smallest absolute Gasteiger partial charge is 0.144 e. The zero-order chi connectivity index (χ0) is 17.8. The molecule has 3 nitrogen and oxygen atoms in total. The third-order valence-corrected chi connectivity index (χ3v) is 4.51.